The monoisotopic (exact) mass is 171 g/mol. The maximum absolute atomic E-state index is 12.6. The molecule has 1 aromatic heterocycles. The van der Waals surface area contributed by atoms with Gasteiger partial charge in [-0.3, -0.25) is 0 Å². The lowest BCUT2D eigenvalue weighted by Gasteiger charge is -2.18. The van der Waals surface area contributed by atoms with Gasteiger partial charge < -0.3 is 0 Å². The van der Waals surface area contributed by atoms with Crippen molar-refractivity contribution >= 4 is 0 Å². The fourth-order valence-electron chi connectivity index (χ4n) is 0.898. The van der Waals surface area contributed by atoms with Gasteiger partial charge in [0.1, 0.15) is 0 Å². The summed E-state index contributed by atoms with van der Waals surface area (Å²) < 4.78 is 25.2. The van der Waals surface area contributed by atoms with E-state index in [1.807, 2.05) is 20.8 Å². The summed E-state index contributed by atoms with van der Waals surface area (Å²) in [7, 11) is 0. The lowest BCUT2D eigenvalue weighted by molar-refractivity contribution is 0.493. The van der Waals surface area contributed by atoms with Gasteiger partial charge >= 0.3 is 0 Å². The zero-order valence-electron chi connectivity index (χ0n) is 7.36. The maximum Gasteiger partial charge on any atom is 0.215 e. The van der Waals surface area contributed by atoms with Crippen LogP contribution in [0.15, 0.2) is 12.1 Å². The average Bonchev–Trinajstić information content (AvgIpc) is 1.82. The number of hydrogen-bond acceptors (Lipinski definition) is 1. The summed E-state index contributed by atoms with van der Waals surface area (Å²) in [6.07, 6.45) is 0. The van der Waals surface area contributed by atoms with Crippen molar-refractivity contribution in [3.8, 4) is 0 Å². The van der Waals surface area contributed by atoms with Crippen molar-refractivity contribution in [2.75, 3.05) is 0 Å². The Morgan fingerprint density at radius 3 is 1.83 bits per heavy atom. The van der Waals surface area contributed by atoms with Crippen LogP contribution in [0.5, 0.6) is 0 Å². The Morgan fingerprint density at radius 2 is 1.50 bits per heavy atom. The standard InChI is InChI=1S/C9H11F2N/c1-9(2,3)6-4-7(10)12-8(11)5-6/h4-5H,1-3H3. The first-order valence-corrected chi connectivity index (χ1v) is 3.73. The highest BCUT2D eigenvalue weighted by Gasteiger charge is 2.15. The molecule has 0 aromatic carbocycles. The zero-order chi connectivity index (χ0) is 9.35. The number of aromatic nitrogens is 1. The van der Waals surface area contributed by atoms with Crippen LogP contribution >= 0.6 is 0 Å². The quantitative estimate of drug-likeness (QED) is 0.547. The second kappa shape index (κ2) is 2.81. The topological polar surface area (TPSA) is 12.9 Å². The Labute approximate surface area is 70.4 Å². The van der Waals surface area contributed by atoms with Crippen LogP contribution in [-0.2, 0) is 5.41 Å². The molecule has 0 atom stereocenters. The molecule has 1 heterocycles. The van der Waals surface area contributed by atoms with E-state index in [9.17, 15) is 8.78 Å². The molecule has 0 N–H and O–H groups in total. The van der Waals surface area contributed by atoms with Crippen LogP contribution in [0.25, 0.3) is 0 Å². The summed E-state index contributed by atoms with van der Waals surface area (Å²) in [4.78, 5) is 3.01. The fraction of sp³-hybridized carbons (Fsp3) is 0.444. The van der Waals surface area contributed by atoms with Crippen molar-refractivity contribution in [3.05, 3.63) is 29.6 Å². The first kappa shape index (κ1) is 9.10. The van der Waals surface area contributed by atoms with Gasteiger partial charge in [0.05, 0.1) is 0 Å². The second-order valence-corrected chi connectivity index (χ2v) is 3.75. The minimum absolute atomic E-state index is 0.245. The Bertz CT molecular complexity index is 269. The summed E-state index contributed by atoms with van der Waals surface area (Å²) in [5.41, 5.74) is 0.373. The van der Waals surface area contributed by atoms with Crippen molar-refractivity contribution in [3.63, 3.8) is 0 Å². The van der Waals surface area contributed by atoms with Crippen LogP contribution in [-0.4, -0.2) is 4.98 Å². The molecule has 0 aliphatic carbocycles. The summed E-state index contributed by atoms with van der Waals surface area (Å²) in [5, 5.41) is 0. The van der Waals surface area contributed by atoms with Crippen LogP contribution < -0.4 is 0 Å². The molecule has 1 rings (SSSR count). The minimum Gasteiger partial charge on any atom is -0.191 e. The van der Waals surface area contributed by atoms with Crippen LogP contribution in [0, 0.1) is 11.9 Å². The molecule has 0 aliphatic rings. The first-order valence-electron chi connectivity index (χ1n) is 3.73. The maximum atomic E-state index is 12.6. The number of halogens is 2. The van der Waals surface area contributed by atoms with Gasteiger partial charge in [-0.05, 0) is 23.1 Å². The molecular weight excluding hydrogens is 160 g/mol. The highest BCUT2D eigenvalue weighted by molar-refractivity contribution is 5.20. The molecule has 0 amide bonds. The molecule has 0 aliphatic heterocycles. The Morgan fingerprint density at radius 1 is 1.08 bits per heavy atom. The third kappa shape index (κ3) is 2.00. The Kier molecular flexibility index (Phi) is 2.13. The highest BCUT2D eigenvalue weighted by atomic mass is 19.1. The normalized spacial score (nSPS) is 11.8. The largest absolute Gasteiger partial charge is 0.215 e. The summed E-state index contributed by atoms with van der Waals surface area (Å²) in [6, 6.07) is 2.51. The van der Waals surface area contributed by atoms with E-state index in [1.165, 1.54) is 12.1 Å². The van der Waals surface area contributed by atoms with Crippen LogP contribution in [0.3, 0.4) is 0 Å². The van der Waals surface area contributed by atoms with Gasteiger partial charge in [-0.1, -0.05) is 20.8 Å². The minimum atomic E-state index is -0.764. The molecular formula is C9H11F2N. The Hall–Kier alpha value is -0.990. The highest BCUT2D eigenvalue weighted by Crippen LogP contribution is 2.22. The molecule has 3 heteroatoms. The van der Waals surface area contributed by atoms with Crippen LogP contribution in [0.2, 0.25) is 0 Å². The van der Waals surface area contributed by atoms with E-state index in [0.29, 0.717) is 5.56 Å². The molecule has 0 saturated heterocycles. The molecule has 0 spiro atoms. The molecule has 1 aromatic rings. The molecule has 0 radical (unpaired) electrons. The van der Waals surface area contributed by atoms with Crippen molar-refractivity contribution in [1.29, 1.82) is 0 Å². The smallest absolute Gasteiger partial charge is 0.191 e. The number of hydrogen-bond donors (Lipinski definition) is 0. The van der Waals surface area contributed by atoms with E-state index < -0.39 is 11.9 Å². The molecule has 0 unspecified atom stereocenters. The van der Waals surface area contributed by atoms with E-state index in [4.69, 9.17) is 0 Å². The van der Waals surface area contributed by atoms with E-state index in [1.54, 1.807) is 0 Å². The Balaban J connectivity index is 3.18. The summed E-state index contributed by atoms with van der Waals surface area (Å²) >= 11 is 0. The number of pyridine rings is 1. The van der Waals surface area contributed by atoms with Crippen LogP contribution in [0.1, 0.15) is 26.3 Å². The molecule has 0 fully saturated rings. The summed E-state index contributed by atoms with van der Waals surface area (Å²) in [5.74, 6) is -1.53. The zero-order valence-corrected chi connectivity index (χ0v) is 7.36. The van der Waals surface area contributed by atoms with Gasteiger partial charge in [-0.15, -0.1) is 0 Å². The second-order valence-electron chi connectivity index (χ2n) is 3.75. The van der Waals surface area contributed by atoms with E-state index in [-0.39, 0.29) is 5.41 Å². The van der Waals surface area contributed by atoms with Crippen molar-refractivity contribution in [2.24, 2.45) is 0 Å². The van der Waals surface area contributed by atoms with Gasteiger partial charge in [-0.25, -0.2) is 0 Å². The SMILES string of the molecule is CC(C)(C)c1cc(F)nc(F)c1. The predicted molar refractivity (Wildman–Crippen MR) is 42.9 cm³/mol. The molecule has 0 saturated carbocycles. The molecule has 1 nitrogen and oxygen atoms in total. The van der Waals surface area contributed by atoms with Crippen molar-refractivity contribution in [1.82, 2.24) is 4.98 Å². The first-order chi connectivity index (χ1) is 5.39. The third-order valence-corrected chi connectivity index (χ3v) is 1.63. The van der Waals surface area contributed by atoms with E-state index >= 15 is 0 Å². The summed E-state index contributed by atoms with van der Waals surface area (Å²) in [6.45, 7) is 5.67. The van der Waals surface area contributed by atoms with E-state index in [0.717, 1.165) is 0 Å². The molecule has 66 valence electrons. The fourth-order valence-corrected chi connectivity index (χ4v) is 0.898. The van der Waals surface area contributed by atoms with Gasteiger partial charge in [0, 0.05) is 0 Å². The third-order valence-electron chi connectivity index (χ3n) is 1.63. The van der Waals surface area contributed by atoms with Gasteiger partial charge in [0.15, 0.2) is 0 Å². The van der Waals surface area contributed by atoms with Gasteiger partial charge in [0.25, 0.3) is 0 Å². The van der Waals surface area contributed by atoms with Crippen molar-refractivity contribution in [2.45, 2.75) is 26.2 Å². The number of rotatable bonds is 0. The van der Waals surface area contributed by atoms with Gasteiger partial charge in [-0.2, -0.15) is 13.8 Å². The lowest BCUT2D eigenvalue weighted by atomic mass is 9.88. The predicted octanol–water partition coefficient (Wildman–Crippen LogP) is 2.66. The van der Waals surface area contributed by atoms with Crippen LogP contribution in [0.4, 0.5) is 8.78 Å². The van der Waals surface area contributed by atoms with E-state index in [2.05, 4.69) is 4.98 Å². The van der Waals surface area contributed by atoms with Crippen molar-refractivity contribution < 1.29 is 8.78 Å². The number of nitrogens with zero attached hydrogens (tertiary/aromatic N) is 1. The average molecular weight is 171 g/mol. The lowest BCUT2D eigenvalue weighted by Crippen LogP contribution is -2.12. The molecule has 0 bridgehead atoms. The van der Waals surface area contributed by atoms with Gasteiger partial charge in [0.2, 0.25) is 11.9 Å². The molecule has 12 heavy (non-hydrogen) atoms.